The van der Waals surface area contributed by atoms with Crippen molar-refractivity contribution in [3.63, 3.8) is 0 Å². The van der Waals surface area contributed by atoms with Gasteiger partial charge in [0, 0.05) is 23.0 Å². The van der Waals surface area contributed by atoms with E-state index in [1.54, 1.807) is 12.1 Å². The summed E-state index contributed by atoms with van der Waals surface area (Å²) in [5.74, 6) is -1.07. The first kappa shape index (κ1) is 11.7. The highest BCUT2D eigenvalue weighted by molar-refractivity contribution is 6.33. The molecule has 0 bridgehead atoms. The fraction of sp³-hybridized carbons (Fsp3) is 0.0714. The molecule has 0 saturated carbocycles. The van der Waals surface area contributed by atoms with Gasteiger partial charge >= 0.3 is 0 Å². The zero-order valence-corrected chi connectivity index (χ0v) is 9.78. The Balaban J connectivity index is 2.30. The third-order valence-electron chi connectivity index (χ3n) is 2.49. The summed E-state index contributed by atoms with van der Waals surface area (Å²) in [5.41, 5.74) is 2.63. The molecule has 3 heteroatoms. The van der Waals surface area contributed by atoms with Crippen LogP contribution < -0.4 is 5.11 Å². The van der Waals surface area contributed by atoms with Crippen molar-refractivity contribution in [2.45, 2.75) is 6.42 Å². The third-order valence-corrected chi connectivity index (χ3v) is 2.82. The molecule has 2 nitrogen and oxygen atoms in total. The molecule has 0 heterocycles. The van der Waals surface area contributed by atoms with E-state index in [9.17, 15) is 9.90 Å². The van der Waals surface area contributed by atoms with Crippen LogP contribution in [0.2, 0.25) is 5.02 Å². The molecule has 0 aliphatic rings. The molecule has 17 heavy (non-hydrogen) atoms. The third kappa shape index (κ3) is 2.86. The maximum Gasteiger partial charge on any atom is 0.0484 e. The van der Waals surface area contributed by atoms with Crippen LogP contribution in [0.25, 0.3) is 11.1 Å². The number of carboxylic acid groups (broad SMARTS) is 1. The highest BCUT2D eigenvalue weighted by Crippen LogP contribution is 2.27. The number of carboxylic acids is 1. The van der Waals surface area contributed by atoms with Gasteiger partial charge in [0.2, 0.25) is 0 Å². The van der Waals surface area contributed by atoms with Crippen LogP contribution in [0.3, 0.4) is 0 Å². The number of hydrogen-bond acceptors (Lipinski definition) is 2. The largest absolute Gasteiger partial charge is 0.550 e. The van der Waals surface area contributed by atoms with Crippen molar-refractivity contribution < 1.29 is 9.90 Å². The predicted octanol–water partition coefficient (Wildman–Crippen LogP) is 2.30. The quantitative estimate of drug-likeness (QED) is 0.833. The topological polar surface area (TPSA) is 40.1 Å². The van der Waals surface area contributed by atoms with Crippen molar-refractivity contribution in [3.05, 3.63) is 59.1 Å². The number of halogens is 1. The maximum atomic E-state index is 10.4. The molecule has 0 unspecified atom stereocenters. The SMILES string of the molecule is O=C([O-])Cc1ccc(-c2ccccc2Cl)cc1. The number of carbonyl (C=O) groups excluding carboxylic acids is 1. The number of aliphatic carboxylic acids is 1. The summed E-state index contributed by atoms with van der Waals surface area (Å²) in [4.78, 5) is 10.4. The average Bonchev–Trinajstić information content (AvgIpc) is 2.30. The van der Waals surface area contributed by atoms with Crippen LogP contribution in [-0.2, 0) is 11.2 Å². The molecular formula is C14H10ClO2-. The molecule has 0 amide bonds. The molecule has 2 aromatic carbocycles. The fourth-order valence-electron chi connectivity index (χ4n) is 1.66. The minimum absolute atomic E-state index is 0.0667. The van der Waals surface area contributed by atoms with Crippen LogP contribution in [0.1, 0.15) is 5.56 Å². The number of benzene rings is 2. The molecule has 0 aliphatic carbocycles. The minimum atomic E-state index is -1.07. The molecule has 0 N–H and O–H groups in total. The van der Waals surface area contributed by atoms with Crippen molar-refractivity contribution in [2.24, 2.45) is 0 Å². The van der Waals surface area contributed by atoms with Crippen LogP contribution in [0, 0.1) is 0 Å². The summed E-state index contributed by atoms with van der Waals surface area (Å²) in [7, 11) is 0. The van der Waals surface area contributed by atoms with Crippen LogP contribution in [0.5, 0.6) is 0 Å². The van der Waals surface area contributed by atoms with Gasteiger partial charge in [-0.25, -0.2) is 0 Å². The normalized spacial score (nSPS) is 10.2. The second-order valence-corrected chi connectivity index (χ2v) is 4.13. The van der Waals surface area contributed by atoms with E-state index in [1.165, 1.54) is 0 Å². The molecule has 0 aliphatic heterocycles. The van der Waals surface area contributed by atoms with Crippen molar-refractivity contribution in [1.29, 1.82) is 0 Å². The summed E-state index contributed by atoms with van der Waals surface area (Å²) < 4.78 is 0. The van der Waals surface area contributed by atoms with Crippen LogP contribution in [-0.4, -0.2) is 5.97 Å². The zero-order valence-electron chi connectivity index (χ0n) is 9.02. The second-order valence-electron chi connectivity index (χ2n) is 3.73. The van der Waals surface area contributed by atoms with Crippen molar-refractivity contribution >= 4 is 17.6 Å². The Hall–Kier alpha value is -1.80. The lowest BCUT2D eigenvalue weighted by Gasteiger charge is -2.06. The molecule has 0 atom stereocenters. The molecule has 2 rings (SSSR count). The lowest BCUT2D eigenvalue weighted by molar-refractivity contribution is -0.304. The van der Waals surface area contributed by atoms with Gasteiger partial charge in [0.15, 0.2) is 0 Å². The van der Waals surface area contributed by atoms with Gasteiger partial charge in [-0.15, -0.1) is 0 Å². The Labute approximate surface area is 104 Å². The molecule has 0 spiro atoms. The molecule has 0 saturated heterocycles. The second kappa shape index (κ2) is 5.02. The Bertz CT molecular complexity index is 532. The smallest absolute Gasteiger partial charge is 0.0484 e. The van der Waals surface area contributed by atoms with E-state index in [1.807, 2.05) is 36.4 Å². The van der Waals surface area contributed by atoms with E-state index in [2.05, 4.69) is 0 Å². The van der Waals surface area contributed by atoms with Gasteiger partial charge in [0.05, 0.1) is 0 Å². The van der Waals surface area contributed by atoms with Crippen molar-refractivity contribution in [1.82, 2.24) is 0 Å². The van der Waals surface area contributed by atoms with Crippen LogP contribution >= 0.6 is 11.6 Å². The number of carbonyl (C=O) groups is 1. The van der Waals surface area contributed by atoms with Gasteiger partial charge < -0.3 is 9.90 Å². The Morgan fingerprint density at radius 1 is 1.06 bits per heavy atom. The zero-order chi connectivity index (χ0) is 12.3. The average molecular weight is 246 g/mol. The first-order valence-electron chi connectivity index (χ1n) is 5.20. The highest BCUT2D eigenvalue weighted by atomic mass is 35.5. The predicted molar refractivity (Wildman–Crippen MR) is 65.6 cm³/mol. The molecule has 0 fully saturated rings. The van der Waals surface area contributed by atoms with E-state index in [0.29, 0.717) is 5.02 Å². The lowest BCUT2D eigenvalue weighted by Crippen LogP contribution is -2.24. The molecule has 0 aromatic heterocycles. The first-order chi connectivity index (χ1) is 8.16. The molecule has 0 radical (unpaired) electrons. The Morgan fingerprint density at radius 3 is 2.29 bits per heavy atom. The van der Waals surface area contributed by atoms with Gasteiger partial charge in [-0.2, -0.15) is 0 Å². The minimum Gasteiger partial charge on any atom is -0.550 e. The first-order valence-corrected chi connectivity index (χ1v) is 5.58. The number of rotatable bonds is 3. The Morgan fingerprint density at radius 2 is 1.71 bits per heavy atom. The van der Waals surface area contributed by atoms with E-state index in [4.69, 9.17) is 11.6 Å². The summed E-state index contributed by atoms with van der Waals surface area (Å²) in [5, 5.41) is 11.1. The summed E-state index contributed by atoms with van der Waals surface area (Å²) >= 11 is 6.08. The van der Waals surface area contributed by atoms with Crippen molar-refractivity contribution in [3.8, 4) is 11.1 Å². The van der Waals surface area contributed by atoms with Crippen LogP contribution in [0.4, 0.5) is 0 Å². The van der Waals surface area contributed by atoms with Gasteiger partial charge in [-0.1, -0.05) is 54.1 Å². The monoisotopic (exact) mass is 245 g/mol. The van der Waals surface area contributed by atoms with Gasteiger partial charge in [0.25, 0.3) is 0 Å². The van der Waals surface area contributed by atoms with E-state index >= 15 is 0 Å². The highest BCUT2D eigenvalue weighted by Gasteiger charge is 2.02. The lowest BCUT2D eigenvalue weighted by atomic mass is 10.0. The van der Waals surface area contributed by atoms with Gasteiger partial charge in [0.1, 0.15) is 0 Å². The van der Waals surface area contributed by atoms with E-state index in [0.717, 1.165) is 16.7 Å². The maximum absolute atomic E-state index is 10.4. The fourth-order valence-corrected chi connectivity index (χ4v) is 1.91. The van der Waals surface area contributed by atoms with Crippen LogP contribution in [0.15, 0.2) is 48.5 Å². The van der Waals surface area contributed by atoms with E-state index in [-0.39, 0.29) is 6.42 Å². The van der Waals surface area contributed by atoms with Crippen molar-refractivity contribution in [2.75, 3.05) is 0 Å². The molecule has 2 aromatic rings. The summed E-state index contributed by atoms with van der Waals surface area (Å²) in [6.07, 6.45) is -0.0667. The Kier molecular flexibility index (Phi) is 3.45. The van der Waals surface area contributed by atoms with E-state index < -0.39 is 5.97 Å². The standard InChI is InChI=1S/C14H11ClO2/c15-13-4-2-1-3-12(13)11-7-5-10(6-8-11)9-14(16)17/h1-8H,9H2,(H,16,17)/p-1. The molecule has 86 valence electrons. The van der Waals surface area contributed by atoms with Gasteiger partial charge in [-0.3, -0.25) is 0 Å². The molecular weight excluding hydrogens is 236 g/mol. The number of hydrogen-bond donors (Lipinski definition) is 0. The van der Waals surface area contributed by atoms with Gasteiger partial charge in [-0.05, 0) is 17.2 Å². The summed E-state index contributed by atoms with van der Waals surface area (Å²) in [6, 6.07) is 14.8. The summed E-state index contributed by atoms with van der Waals surface area (Å²) in [6.45, 7) is 0.